The highest BCUT2D eigenvalue weighted by molar-refractivity contribution is 5.82. The Morgan fingerprint density at radius 2 is 2.03 bits per heavy atom. The molecule has 0 radical (unpaired) electrons. The van der Waals surface area contributed by atoms with Gasteiger partial charge in [0.1, 0.15) is 0 Å². The second kappa shape index (κ2) is 7.90. The number of rotatable bonds is 5. The third-order valence-corrected chi connectivity index (χ3v) is 10.4. The van der Waals surface area contributed by atoms with Gasteiger partial charge in [0.25, 0.3) is 0 Å². The van der Waals surface area contributed by atoms with Crippen LogP contribution in [0, 0.1) is 46.3 Å². The second-order valence-electron chi connectivity index (χ2n) is 11.8. The predicted molar refractivity (Wildman–Crippen MR) is 122 cm³/mol. The predicted octanol–water partition coefficient (Wildman–Crippen LogP) is 4.96. The topological polar surface area (TPSA) is 70.1 Å². The van der Waals surface area contributed by atoms with Crippen molar-refractivity contribution in [2.75, 3.05) is 19.5 Å². The van der Waals surface area contributed by atoms with Gasteiger partial charge in [-0.25, -0.2) is 0 Å². The van der Waals surface area contributed by atoms with Crippen molar-refractivity contribution in [1.82, 2.24) is 9.78 Å². The number of anilines is 1. The lowest BCUT2D eigenvalue weighted by Crippen LogP contribution is -2.56. The van der Waals surface area contributed by atoms with E-state index in [1.165, 1.54) is 51.4 Å². The smallest absolute Gasteiger partial charge is 0.157 e. The number of hydrogen-bond acceptors (Lipinski definition) is 4. The fourth-order valence-electron chi connectivity index (χ4n) is 9.08. The molecule has 1 aromatic rings. The Morgan fingerprint density at radius 1 is 1.19 bits per heavy atom. The largest absolute Gasteiger partial charge is 0.396 e. The highest BCUT2D eigenvalue weighted by Gasteiger charge is 2.62. The molecule has 5 rings (SSSR count). The molecule has 4 saturated carbocycles. The van der Waals surface area contributed by atoms with Crippen molar-refractivity contribution in [3.05, 3.63) is 12.4 Å². The summed E-state index contributed by atoms with van der Waals surface area (Å²) in [7, 11) is 1.91. The van der Waals surface area contributed by atoms with Gasteiger partial charge in [0.15, 0.2) is 5.78 Å². The fourth-order valence-corrected chi connectivity index (χ4v) is 9.08. The number of fused-ring (bicyclic) bond motifs is 5. The van der Waals surface area contributed by atoms with Crippen LogP contribution in [0.4, 0.5) is 5.69 Å². The molecule has 5 heteroatoms. The number of carbonyl (C=O) groups is 1. The monoisotopic (exact) mass is 427 g/mol. The molecule has 4 aliphatic carbocycles. The van der Waals surface area contributed by atoms with Gasteiger partial charge in [0.2, 0.25) is 0 Å². The average molecular weight is 428 g/mol. The quantitative estimate of drug-likeness (QED) is 0.721. The summed E-state index contributed by atoms with van der Waals surface area (Å²) in [5.41, 5.74) is 6.98. The molecule has 4 fully saturated rings. The lowest BCUT2D eigenvalue weighted by molar-refractivity contribution is -0.154. The number of hydrogen-bond donors (Lipinski definition) is 1. The molecule has 8 atom stereocenters. The molecule has 0 spiro atoms. The molecule has 1 heterocycles. The van der Waals surface area contributed by atoms with Crippen LogP contribution < -0.4 is 5.73 Å². The molecule has 31 heavy (non-hydrogen) atoms. The van der Waals surface area contributed by atoms with Crippen molar-refractivity contribution >= 4 is 11.5 Å². The summed E-state index contributed by atoms with van der Waals surface area (Å²) in [6.45, 7) is 6.20. The third-order valence-electron chi connectivity index (χ3n) is 10.4. The second-order valence-corrected chi connectivity index (χ2v) is 11.8. The molecule has 0 aromatic carbocycles. The minimum absolute atomic E-state index is 0.153. The molecule has 0 bridgehead atoms. The van der Waals surface area contributed by atoms with Crippen molar-refractivity contribution in [3.8, 4) is 0 Å². The summed E-state index contributed by atoms with van der Waals surface area (Å²) < 4.78 is 7.64. The van der Waals surface area contributed by atoms with Crippen LogP contribution >= 0.6 is 0 Å². The Balaban J connectivity index is 1.37. The molecule has 0 amide bonds. The van der Waals surface area contributed by atoms with E-state index in [9.17, 15) is 4.79 Å². The van der Waals surface area contributed by atoms with E-state index in [1.807, 2.05) is 7.11 Å². The first-order valence-corrected chi connectivity index (χ1v) is 12.7. The summed E-state index contributed by atoms with van der Waals surface area (Å²) in [6.07, 6.45) is 15.0. The van der Waals surface area contributed by atoms with E-state index in [0.717, 1.165) is 36.7 Å². The maximum atomic E-state index is 13.4. The molecule has 2 N–H and O–H groups in total. The van der Waals surface area contributed by atoms with Gasteiger partial charge in [-0.1, -0.05) is 20.3 Å². The standard InChI is InChI=1S/C26H41N3O2/c1-17-8-11-26(16-31-3)18(12-17)4-5-20-21-6-7-23(25(21,2)10-9-22(20)26)24(30)15-29-14-19(27)13-28-29/h13-14,17-18,20-23H,4-12,15-16,27H2,1-3H3/t17?,18?,20?,21?,22?,23-,25?,26?/m1/s1. The number of carbonyl (C=O) groups excluding carboxylic acids is 1. The molecule has 0 aliphatic heterocycles. The van der Waals surface area contributed by atoms with Gasteiger partial charge in [-0.05, 0) is 91.8 Å². The van der Waals surface area contributed by atoms with Crippen molar-refractivity contribution in [3.63, 3.8) is 0 Å². The maximum absolute atomic E-state index is 13.4. The van der Waals surface area contributed by atoms with Gasteiger partial charge >= 0.3 is 0 Å². The maximum Gasteiger partial charge on any atom is 0.157 e. The Bertz CT molecular complexity index is 821. The average Bonchev–Trinajstić information content (AvgIpc) is 3.30. The summed E-state index contributed by atoms with van der Waals surface area (Å²) >= 11 is 0. The summed E-state index contributed by atoms with van der Waals surface area (Å²) in [5.74, 6) is 4.49. The van der Waals surface area contributed by atoms with Crippen LogP contribution in [0.25, 0.3) is 0 Å². The van der Waals surface area contributed by atoms with E-state index in [0.29, 0.717) is 29.3 Å². The van der Waals surface area contributed by atoms with E-state index in [-0.39, 0.29) is 11.3 Å². The normalized spacial score (nSPS) is 44.4. The van der Waals surface area contributed by atoms with Crippen LogP contribution in [0.5, 0.6) is 0 Å². The lowest BCUT2D eigenvalue weighted by Gasteiger charge is -2.61. The lowest BCUT2D eigenvalue weighted by atomic mass is 9.44. The third kappa shape index (κ3) is 3.37. The number of Topliss-reactive ketones (excluding diaryl/α,β-unsaturated/α-hetero) is 1. The zero-order chi connectivity index (χ0) is 21.8. The number of nitrogens with two attached hydrogens (primary N) is 1. The SMILES string of the molecule is COCC12CCC(C)CC1CCC1C2CCC2(C)C1CC[C@@H]2C(=O)Cn1cc(N)cn1. The molecule has 7 unspecified atom stereocenters. The number of aromatic nitrogens is 2. The van der Waals surface area contributed by atoms with Crippen molar-refractivity contribution < 1.29 is 9.53 Å². The fraction of sp³-hybridized carbons (Fsp3) is 0.846. The van der Waals surface area contributed by atoms with Crippen molar-refractivity contribution in [1.29, 1.82) is 0 Å². The summed E-state index contributed by atoms with van der Waals surface area (Å²) in [6, 6.07) is 0. The van der Waals surface area contributed by atoms with Crippen molar-refractivity contribution in [2.45, 2.75) is 78.2 Å². The van der Waals surface area contributed by atoms with Gasteiger partial charge in [0.05, 0.1) is 25.0 Å². The highest BCUT2D eigenvalue weighted by Crippen LogP contribution is 2.68. The van der Waals surface area contributed by atoms with Crippen LogP contribution in [0.2, 0.25) is 0 Å². The van der Waals surface area contributed by atoms with E-state index in [4.69, 9.17) is 10.5 Å². The van der Waals surface area contributed by atoms with E-state index < -0.39 is 0 Å². The van der Waals surface area contributed by atoms with Crippen LogP contribution in [-0.4, -0.2) is 29.3 Å². The first-order chi connectivity index (χ1) is 14.9. The van der Waals surface area contributed by atoms with Gasteiger partial charge in [-0.2, -0.15) is 5.10 Å². The molecule has 0 saturated heterocycles. The first-order valence-electron chi connectivity index (χ1n) is 12.7. The number of nitrogen functional groups attached to an aromatic ring is 1. The Morgan fingerprint density at radius 3 is 2.77 bits per heavy atom. The molecular weight excluding hydrogens is 386 g/mol. The summed E-state index contributed by atoms with van der Waals surface area (Å²) in [5, 5.41) is 4.26. The minimum atomic E-state index is 0.153. The van der Waals surface area contributed by atoms with Gasteiger partial charge < -0.3 is 10.5 Å². The zero-order valence-corrected chi connectivity index (χ0v) is 19.7. The molecule has 1 aromatic heterocycles. The van der Waals surface area contributed by atoms with E-state index >= 15 is 0 Å². The van der Waals surface area contributed by atoms with Crippen LogP contribution in [-0.2, 0) is 16.1 Å². The first kappa shape index (κ1) is 21.5. The highest BCUT2D eigenvalue weighted by atomic mass is 16.5. The summed E-state index contributed by atoms with van der Waals surface area (Å²) in [4.78, 5) is 13.4. The van der Waals surface area contributed by atoms with Crippen molar-refractivity contribution in [2.24, 2.45) is 46.3 Å². The van der Waals surface area contributed by atoms with Gasteiger partial charge in [-0.3, -0.25) is 9.48 Å². The Labute approximate surface area is 187 Å². The van der Waals surface area contributed by atoms with Gasteiger partial charge in [-0.15, -0.1) is 0 Å². The van der Waals surface area contributed by atoms with Gasteiger partial charge in [0, 0.05) is 19.2 Å². The number of ether oxygens (including phenoxy) is 1. The van der Waals surface area contributed by atoms with Crippen LogP contribution in [0.3, 0.4) is 0 Å². The molecular formula is C26H41N3O2. The minimum Gasteiger partial charge on any atom is -0.396 e. The van der Waals surface area contributed by atoms with Crippen LogP contribution in [0.15, 0.2) is 12.4 Å². The zero-order valence-electron chi connectivity index (χ0n) is 19.7. The Kier molecular flexibility index (Phi) is 5.47. The number of methoxy groups -OCH3 is 1. The van der Waals surface area contributed by atoms with E-state index in [2.05, 4.69) is 18.9 Å². The molecule has 4 aliphatic rings. The van der Waals surface area contributed by atoms with Crippen LogP contribution in [0.1, 0.15) is 71.6 Å². The molecule has 5 nitrogen and oxygen atoms in total. The Hall–Kier alpha value is -1.36. The van der Waals surface area contributed by atoms with E-state index in [1.54, 1.807) is 17.1 Å². The number of nitrogens with zero attached hydrogens (tertiary/aromatic N) is 2. The molecule has 172 valence electrons. The number of ketones is 1.